The first kappa shape index (κ1) is 14.3. The van der Waals surface area contributed by atoms with Gasteiger partial charge in [-0.1, -0.05) is 13.8 Å². The van der Waals surface area contributed by atoms with Crippen LogP contribution in [0.15, 0.2) is 10.5 Å². The number of carbonyl (C=O) groups excluding carboxylic acids is 1. The highest BCUT2D eigenvalue weighted by molar-refractivity contribution is 5.94. The van der Waals surface area contributed by atoms with Gasteiger partial charge in [0.25, 0.3) is 5.91 Å². The molecule has 2 aromatic rings. The number of rotatable bonds is 5. The predicted octanol–water partition coefficient (Wildman–Crippen LogP) is 0.956. The summed E-state index contributed by atoms with van der Waals surface area (Å²) in [5.74, 6) is 7.68. The second kappa shape index (κ2) is 5.87. The fourth-order valence-corrected chi connectivity index (χ4v) is 2.04. The third-order valence-electron chi connectivity index (χ3n) is 3.07. The van der Waals surface area contributed by atoms with Crippen LogP contribution in [0.3, 0.4) is 0 Å². The minimum Gasteiger partial charge on any atom is -0.464 e. The number of hydrogen-bond donors (Lipinski definition) is 2. The van der Waals surface area contributed by atoms with Gasteiger partial charge in [-0.3, -0.25) is 10.2 Å². The normalized spacial score (nSPS) is 10.8. The summed E-state index contributed by atoms with van der Waals surface area (Å²) in [6, 6.07) is 1.68. The Hall–Kier alpha value is -2.15. The number of aromatic nitrogens is 3. The summed E-state index contributed by atoms with van der Waals surface area (Å²) in [6.07, 6.45) is 1.58. The lowest BCUT2D eigenvalue weighted by molar-refractivity contribution is 0.0952. The molecule has 2 aromatic heterocycles. The van der Waals surface area contributed by atoms with E-state index in [9.17, 15) is 4.79 Å². The first-order valence-electron chi connectivity index (χ1n) is 6.61. The van der Waals surface area contributed by atoms with Crippen LogP contribution in [0.25, 0.3) is 0 Å². The molecule has 0 fully saturated rings. The summed E-state index contributed by atoms with van der Waals surface area (Å²) in [4.78, 5) is 16.0. The van der Waals surface area contributed by atoms with E-state index in [4.69, 9.17) is 10.3 Å². The molecule has 7 nitrogen and oxygen atoms in total. The average molecular weight is 277 g/mol. The lowest BCUT2D eigenvalue weighted by atomic mass is 10.2. The van der Waals surface area contributed by atoms with Gasteiger partial charge < -0.3 is 4.42 Å². The van der Waals surface area contributed by atoms with Crippen LogP contribution in [0.5, 0.6) is 0 Å². The van der Waals surface area contributed by atoms with Crippen molar-refractivity contribution in [2.24, 2.45) is 5.84 Å². The molecule has 0 unspecified atom stereocenters. The summed E-state index contributed by atoms with van der Waals surface area (Å²) in [7, 11) is 0. The van der Waals surface area contributed by atoms with Gasteiger partial charge in [-0.25, -0.2) is 15.5 Å². The number of nitrogens with two attached hydrogens (primary N) is 1. The Labute approximate surface area is 117 Å². The second-order valence-corrected chi connectivity index (χ2v) is 4.47. The Balaban J connectivity index is 2.26. The summed E-state index contributed by atoms with van der Waals surface area (Å²) >= 11 is 0. The molecular weight excluding hydrogens is 258 g/mol. The van der Waals surface area contributed by atoms with Gasteiger partial charge in [0.1, 0.15) is 23.9 Å². The number of furan rings is 1. The van der Waals surface area contributed by atoms with Crippen LogP contribution in [-0.4, -0.2) is 20.7 Å². The first-order valence-corrected chi connectivity index (χ1v) is 6.61. The Morgan fingerprint density at radius 1 is 1.45 bits per heavy atom. The van der Waals surface area contributed by atoms with Gasteiger partial charge in [-0.2, -0.15) is 5.10 Å². The second-order valence-electron chi connectivity index (χ2n) is 4.47. The summed E-state index contributed by atoms with van der Waals surface area (Å²) in [5.41, 5.74) is 2.54. The summed E-state index contributed by atoms with van der Waals surface area (Å²) in [6.45, 7) is 6.23. The van der Waals surface area contributed by atoms with Gasteiger partial charge in [-0.15, -0.1) is 0 Å². The standard InChI is InChI=1S/C13H19N5O2/c1-4-11-15-12(5-2)18(17-11)7-9-6-10(8(3)20-9)13(19)16-14/h6H,4-5,7,14H2,1-3H3,(H,16,19). The Bertz CT molecular complexity index is 614. The van der Waals surface area contributed by atoms with Gasteiger partial charge in [0, 0.05) is 12.8 Å². The number of nitrogens with one attached hydrogen (secondary N) is 1. The van der Waals surface area contributed by atoms with E-state index in [-0.39, 0.29) is 5.91 Å². The largest absolute Gasteiger partial charge is 0.464 e. The van der Waals surface area contributed by atoms with Crippen molar-refractivity contribution in [1.82, 2.24) is 20.2 Å². The molecule has 0 spiro atoms. The smallest absolute Gasteiger partial charge is 0.268 e. The third-order valence-corrected chi connectivity index (χ3v) is 3.07. The van der Waals surface area contributed by atoms with Crippen LogP contribution in [0.4, 0.5) is 0 Å². The van der Waals surface area contributed by atoms with Crippen molar-refractivity contribution in [3.05, 3.63) is 34.8 Å². The fraction of sp³-hybridized carbons (Fsp3) is 0.462. The van der Waals surface area contributed by atoms with Crippen LogP contribution in [0, 0.1) is 6.92 Å². The minimum atomic E-state index is -0.360. The number of hydrazine groups is 1. The SMILES string of the molecule is CCc1nc(CC)n(Cc2cc(C(=O)NN)c(C)o2)n1. The number of carbonyl (C=O) groups is 1. The molecule has 2 heterocycles. The number of hydrogen-bond acceptors (Lipinski definition) is 5. The van der Waals surface area contributed by atoms with E-state index in [1.807, 2.05) is 13.8 Å². The molecule has 108 valence electrons. The molecule has 7 heteroatoms. The van der Waals surface area contributed by atoms with Gasteiger partial charge in [-0.05, 0) is 13.0 Å². The quantitative estimate of drug-likeness (QED) is 0.481. The molecule has 0 saturated heterocycles. The zero-order chi connectivity index (χ0) is 14.7. The van der Waals surface area contributed by atoms with Gasteiger partial charge in [0.2, 0.25) is 0 Å². The maximum absolute atomic E-state index is 11.5. The van der Waals surface area contributed by atoms with Crippen LogP contribution in [-0.2, 0) is 19.4 Å². The van der Waals surface area contributed by atoms with Crippen molar-refractivity contribution < 1.29 is 9.21 Å². The maximum Gasteiger partial charge on any atom is 0.268 e. The van der Waals surface area contributed by atoms with Crippen molar-refractivity contribution in [3.63, 3.8) is 0 Å². The van der Waals surface area contributed by atoms with E-state index in [0.29, 0.717) is 23.6 Å². The van der Waals surface area contributed by atoms with E-state index in [1.54, 1.807) is 17.7 Å². The average Bonchev–Trinajstić information content (AvgIpc) is 3.01. The highest BCUT2D eigenvalue weighted by Crippen LogP contribution is 2.16. The summed E-state index contributed by atoms with van der Waals surface area (Å²) < 4.78 is 7.39. The molecule has 0 atom stereocenters. The van der Waals surface area contributed by atoms with E-state index in [0.717, 1.165) is 24.5 Å². The number of nitrogens with zero attached hydrogens (tertiary/aromatic N) is 3. The Morgan fingerprint density at radius 3 is 2.80 bits per heavy atom. The Morgan fingerprint density at radius 2 is 2.20 bits per heavy atom. The molecule has 0 aromatic carbocycles. The lowest BCUT2D eigenvalue weighted by Crippen LogP contribution is -2.30. The lowest BCUT2D eigenvalue weighted by Gasteiger charge is -2.00. The van der Waals surface area contributed by atoms with Gasteiger partial charge >= 0.3 is 0 Å². The first-order chi connectivity index (χ1) is 9.58. The molecule has 3 N–H and O–H groups in total. The number of amides is 1. The van der Waals surface area contributed by atoms with Crippen LogP contribution in [0.1, 0.15) is 47.4 Å². The zero-order valence-electron chi connectivity index (χ0n) is 11.9. The molecule has 0 aliphatic rings. The molecular formula is C13H19N5O2. The van der Waals surface area contributed by atoms with Gasteiger partial charge in [0.15, 0.2) is 5.82 Å². The number of nitrogen functional groups attached to an aromatic ring is 1. The number of aryl methyl sites for hydroxylation is 3. The third kappa shape index (κ3) is 2.72. The topological polar surface area (TPSA) is 99.0 Å². The van der Waals surface area contributed by atoms with Crippen molar-refractivity contribution in [2.75, 3.05) is 0 Å². The van der Waals surface area contributed by atoms with Crippen LogP contribution >= 0.6 is 0 Å². The fourth-order valence-electron chi connectivity index (χ4n) is 2.04. The molecule has 0 aliphatic heterocycles. The highest BCUT2D eigenvalue weighted by Gasteiger charge is 2.16. The molecule has 0 saturated carbocycles. The van der Waals surface area contributed by atoms with Crippen molar-refractivity contribution in [3.8, 4) is 0 Å². The minimum absolute atomic E-state index is 0.360. The van der Waals surface area contributed by atoms with Crippen molar-refractivity contribution >= 4 is 5.91 Å². The Kier molecular flexibility index (Phi) is 4.19. The monoisotopic (exact) mass is 277 g/mol. The van der Waals surface area contributed by atoms with Crippen LogP contribution < -0.4 is 11.3 Å². The highest BCUT2D eigenvalue weighted by atomic mass is 16.3. The predicted molar refractivity (Wildman–Crippen MR) is 73.0 cm³/mol. The van der Waals surface area contributed by atoms with Crippen molar-refractivity contribution in [2.45, 2.75) is 40.2 Å². The molecule has 0 bridgehead atoms. The molecule has 20 heavy (non-hydrogen) atoms. The van der Waals surface area contributed by atoms with Crippen molar-refractivity contribution in [1.29, 1.82) is 0 Å². The molecule has 2 rings (SSSR count). The zero-order valence-corrected chi connectivity index (χ0v) is 11.9. The van der Waals surface area contributed by atoms with Gasteiger partial charge in [0.05, 0.1) is 5.56 Å². The maximum atomic E-state index is 11.5. The van der Waals surface area contributed by atoms with E-state index in [2.05, 4.69) is 15.5 Å². The van der Waals surface area contributed by atoms with E-state index >= 15 is 0 Å². The molecule has 0 aliphatic carbocycles. The molecule has 0 radical (unpaired) electrons. The van der Waals surface area contributed by atoms with E-state index in [1.165, 1.54) is 0 Å². The summed E-state index contributed by atoms with van der Waals surface area (Å²) in [5, 5.41) is 4.42. The van der Waals surface area contributed by atoms with Crippen LogP contribution in [0.2, 0.25) is 0 Å². The van der Waals surface area contributed by atoms with E-state index < -0.39 is 0 Å². The molecule has 1 amide bonds.